The number of hydrogen-bond donors (Lipinski definition) is 1. The maximum absolute atomic E-state index is 13.0. The minimum absolute atomic E-state index is 0.172. The van der Waals surface area contributed by atoms with E-state index in [1.807, 2.05) is 18.2 Å². The van der Waals surface area contributed by atoms with E-state index in [-0.39, 0.29) is 11.8 Å². The van der Waals surface area contributed by atoms with Crippen molar-refractivity contribution >= 4 is 40.7 Å². The molecular formula is C23H27Cl2N3O2. The second-order valence-corrected chi connectivity index (χ2v) is 8.34. The van der Waals surface area contributed by atoms with Crippen molar-refractivity contribution in [3.05, 3.63) is 63.6 Å². The molecule has 0 bridgehead atoms. The van der Waals surface area contributed by atoms with Crippen LogP contribution < -0.4 is 5.32 Å². The van der Waals surface area contributed by atoms with Crippen molar-refractivity contribution in [1.82, 2.24) is 9.80 Å². The van der Waals surface area contributed by atoms with Gasteiger partial charge in [-0.05, 0) is 61.8 Å². The normalized spacial score (nSPS) is 16.2. The number of amides is 2. The van der Waals surface area contributed by atoms with E-state index in [1.165, 1.54) is 0 Å². The average Bonchev–Trinajstić information content (AvgIpc) is 3.21. The van der Waals surface area contributed by atoms with Crippen molar-refractivity contribution < 1.29 is 9.59 Å². The summed E-state index contributed by atoms with van der Waals surface area (Å²) in [5.74, 6) is -0.402. The summed E-state index contributed by atoms with van der Waals surface area (Å²) < 4.78 is 0. The van der Waals surface area contributed by atoms with E-state index in [1.54, 1.807) is 23.1 Å². The number of anilines is 1. The number of likely N-dealkylation sites (tertiary alicyclic amines) is 1. The summed E-state index contributed by atoms with van der Waals surface area (Å²) in [5, 5.41) is 3.79. The van der Waals surface area contributed by atoms with E-state index < -0.39 is 6.04 Å². The summed E-state index contributed by atoms with van der Waals surface area (Å²) in [6, 6.07) is 12.1. The zero-order chi connectivity index (χ0) is 21.7. The highest BCUT2D eigenvalue weighted by molar-refractivity contribution is 6.35. The van der Waals surface area contributed by atoms with Gasteiger partial charge in [0.15, 0.2) is 0 Å². The molecule has 3 rings (SSSR count). The molecule has 0 radical (unpaired) electrons. The molecule has 30 heavy (non-hydrogen) atoms. The molecule has 1 atom stereocenters. The standard InChI is InChI=1S/C23H27Cl2N3O2/c1-3-27(4-2)15-16-7-5-8-20(11-16)26-22(29)21-9-6-10-28(21)23(30)17-12-18(24)14-19(25)13-17/h5,7-8,11-14,21H,3-4,6,9-10,15H2,1-2H3,(H,26,29). The van der Waals surface area contributed by atoms with Gasteiger partial charge < -0.3 is 10.2 Å². The molecular weight excluding hydrogens is 421 g/mol. The predicted molar refractivity (Wildman–Crippen MR) is 122 cm³/mol. The topological polar surface area (TPSA) is 52.7 Å². The number of nitrogens with one attached hydrogen (secondary N) is 1. The molecule has 1 N–H and O–H groups in total. The quantitative estimate of drug-likeness (QED) is 0.643. The van der Waals surface area contributed by atoms with Gasteiger partial charge in [-0.3, -0.25) is 14.5 Å². The molecule has 160 valence electrons. The van der Waals surface area contributed by atoms with Gasteiger partial charge in [0.2, 0.25) is 5.91 Å². The average molecular weight is 448 g/mol. The third-order valence-electron chi connectivity index (χ3n) is 5.42. The minimum atomic E-state index is -0.512. The van der Waals surface area contributed by atoms with Crippen LogP contribution in [0.15, 0.2) is 42.5 Å². The number of carbonyl (C=O) groups is 2. The number of halogens is 2. The first-order chi connectivity index (χ1) is 14.4. The van der Waals surface area contributed by atoms with Crippen LogP contribution in [0.2, 0.25) is 10.0 Å². The molecule has 7 heteroatoms. The second-order valence-electron chi connectivity index (χ2n) is 7.47. The Balaban J connectivity index is 1.71. The first-order valence-electron chi connectivity index (χ1n) is 10.3. The first-order valence-corrected chi connectivity index (χ1v) is 11.1. The van der Waals surface area contributed by atoms with Gasteiger partial charge in [-0.25, -0.2) is 0 Å². The van der Waals surface area contributed by atoms with E-state index >= 15 is 0 Å². The predicted octanol–water partition coefficient (Wildman–Crippen LogP) is 5.08. The number of benzene rings is 2. The monoisotopic (exact) mass is 447 g/mol. The lowest BCUT2D eigenvalue weighted by atomic mass is 10.1. The molecule has 0 aliphatic carbocycles. The van der Waals surface area contributed by atoms with Crippen LogP contribution in [-0.4, -0.2) is 47.3 Å². The summed E-state index contributed by atoms with van der Waals surface area (Å²) in [7, 11) is 0. The Morgan fingerprint density at radius 2 is 1.80 bits per heavy atom. The van der Waals surface area contributed by atoms with Crippen LogP contribution in [0.1, 0.15) is 42.6 Å². The molecule has 0 aromatic heterocycles. The molecule has 1 heterocycles. The van der Waals surface area contributed by atoms with Crippen LogP contribution in [0.25, 0.3) is 0 Å². The second kappa shape index (κ2) is 10.3. The van der Waals surface area contributed by atoms with Crippen molar-refractivity contribution in [2.24, 2.45) is 0 Å². The summed E-state index contributed by atoms with van der Waals surface area (Å²) in [6.07, 6.45) is 1.41. The van der Waals surface area contributed by atoms with Crippen LogP contribution in [0.3, 0.4) is 0 Å². The Bertz CT molecular complexity index is 895. The van der Waals surface area contributed by atoms with Gasteiger partial charge in [0.05, 0.1) is 0 Å². The molecule has 0 saturated carbocycles. The molecule has 2 amide bonds. The van der Waals surface area contributed by atoms with E-state index in [4.69, 9.17) is 23.2 Å². The van der Waals surface area contributed by atoms with Gasteiger partial charge in [0.25, 0.3) is 5.91 Å². The zero-order valence-electron chi connectivity index (χ0n) is 17.3. The Labute approximate surface area is 187 Å². The Morgan fingerprint density at radius 3 is 2.47 bits per heavy atom. The molecule has 1 aliphatic rings. The van der Waals surface area contributed by atoms with Gasteiger partial charge >= 0.3 is 0 Å². The lowest BCUT2D eigenvalue weighted by molar-refractivity contribution is -0.119. The zero-order valence-corrected chi connectivity index (χ0v) is 18.8. The molecule has 1 saturated heterocycles. The fraction of sp³-hybridized carbons (Fsp3) is 0.391. The first kappa shape index (κ1) is 22.6. The molecule has 5 nitrogen and oxygen atoms in total. The Morgan fingerprint density at radius 1 is 1.10 bits per heavy atom. The smallest absolute Gasteiger partial charge is 0.254 e. The van der Waals surface area contributed by atoms with Crippen LogP contribution in [-0.2, 0) is 11.3 Å². The van der Waals surface area contributed by atoms with Gasteiger partial charge in [-0.1, -0.05) is 49.2 Å². The van der Waals surface area contributed by atoms with Gasteiger partial charge in [-0.15, -0.1) is 0 Å². The third-order valence-corrected chi connectivity index (χ3v) is 5.86. The Kier molecular flexibility index (Phi) is 7.75. The number of carbonyl (C=O) groups excluding carboxylic acids is 2. The minimum Gasteiger partial charge on any atom is -0.327 e. The summed E-state index contributed by atoms with van der Waals surface area (Å²) in [6.45, 7) is 7.57. The van der Waals surface area contributed by atoms with Gasteiger partial charge in [-0.2, -0.15) is 0 Å². The maximum Gasteiger partial charge on any atom is 0.254 e. The van der Waals surface area contributed by atoms with Gasteiger partial charge in [0.1, 0.15) is 6.04 Å². The van der Waals surface area contributed by atoms with Crippen LogP contribution in [0.4, 0.5) is 5.69 Å². The number of hydrogen-bond acceptors (Lipinski definition) is 3. The maximum atomic E-state index is 13.0. The highest BCUT2D eigenvalue weighted by Crippen LogP contribution is 2.25. The highest BCUT2D eigenvalue weighted by atomic mass is 35.5. The lowest BCUT2D eigenvalue weighted by Crippen LogP contribution is -2.43. The largest absolute Gasteiger partial charge is 0.327 e. The van der Waals surface area contributed by atoms with E-state index in [2.05, 4.69) is 30.1 Å². The highest BCUT2D eigenvalue weighted by Gasteiger charge is 2.34. The molecule has 2 aromatic carbocycles. The van der Waals surface area contributed by atoms with Crippen LogP contribution in [0.5, 0.6) is 0 Å². The van der Waals surface area contributed by atoms with Crippen molar-refractivity contribution in [3.8, 4) is 0 Å². The van der Waals surface area contributed by atoms with Crippen LogP contribution >= 0.6 is 23.2 Å². The van der Waals surface area contributed by atoms with Crippen molar-refractivity contribution in [1.29, 1.82) is 0 Å². The van der Waals surface area contributed by atoms with Crippen molar-refractivity contribution in [3.63, 3.8) is 0 Å². The van der Waals surface area contributed by atoms with E-state index in [9.17, 15) is 9.59 Å². The SMILES string of the molecule is CCN(CC)Cc1cccc(NC(=O)C2CCCN2C(=O)c2cc(Cl)cc(Cl)c2)c1. The van der Waals surface area contributed by atoms with Crippen molar-refractivity contribution in [2.75, 3.05) is 25.0 Å². The lowest BCUT2D eigenvalue weighted by Gasteiger charge is -2.24. The van der Waals surface area contributed by atoms with Gasteiger partial charge in [0, 0.05) is 34.4 Å². The molecule has 1 aliphatic heterocycles. The summed E-state index contributed by atoms with van der Waals surface area (Å²) >= 11 is 12.1. The van der Waals surface area contributed by atoms with E-state index in [0.29, 0.717) is 28.6 Å². The van der Waals surface area contributed by atoms with Crippen LogP contribution in [0, 0.1) is 0 Å². The molecule has 1 fully saturated rings. The molecule has 0 spiro atoms. The number of rotatable bonds is 7. The van der Waals surface area contributed by atoms with E-state index in [0.717, 1.165) is 37.3 Å². The third kappa shape index (κ3) is 5.54. The fourth-order valence-corrected chi connectivity index (χ4v) is 4.33. The molecule has 1 unspecified atom stereocenters. The summed E-state index contributed by atoms with van der Waals surface area (Å²) in [4.78, 5) is 29.9. The molecule has 2 aromatic rings. The number of nitrogens with zero attached hydrogens (tertiary/aromatic N) is 2. The fourth-order valence-electron chi connectivity index (χ4n) is 3.80. The van der Waals surface area contributed by atoms with Crippen molar-refractivity contribution in [2.45, 2.75) is 39.3 Å². The Hall–Kier alpha value is -2.08. The summed E-state index contributed by atoms with van der Waals surface area (Å²) in [5.41, 5.74) is 2.28.